The lowest BCUT2D eigenvalue weighted by Gasteiger charge is -2.20. The largest absolute Gasteiger partial charge is 0.486 e. The minimum Gasteiger partial charge on any atom is -0.486 e. The Morgan fingerprint density at radius 3 is 2.35 bits per heavy atom. The average molecular weight is 271 g/mol. The molecule has 1 aliphatic heterocycles. The first-order valence-electron chi connectivity index (χ1n) is 6.58. The Balaban J connectivity index is 1.92. The number of hydrogen-bond donors (Lipinski definition) is 1. The molecule has 1 aliphatic rings. The summed E-state index contributed by atoms with van der Waals surface area (Å²) in [4.78, 5) is 0. The highest BCUT2D eigenvalue weighted by Gasteiger charge is 2.15. The minimum absolute atomic E-state index is 0.535. The van der Waals surface area contributed by atoms with E-state index in [4.69, 9.17) is 19.9 Å². The zero-order valence-corrected chi connectivity index (χ0v) is 11.6. The van der Waals surface area contributed by atoms with Crippen molar-refractivity contribution in [2.75, 3.05) is 18.9 Å². The van der Waals surface area contributed by atoms with E-state index in [0.29, 0.717) is 36.1 Å². The van der Waals surface area contributed by atoms with Gasteiger partial charge in [0, 0.05) is 12.1 Å². The first-order valence-corrected chi connectivity index (χ1v) is 6.58. The highest BCUT2D eigenvalue weighted by atomic mass is 16.6. The Kier molecular flexibility index (Phi) is 3.14. The van der Waals surface area contributed by atoms with Gasteiger partial charge in [0.2, 0.25) is 0 Å². The van der Waals surface area contributed by atoms with E-state index in [-0.39, 0.29) is 0 Å². The summed E-state index contributed by atoms with van der Waals surface area (Å²) in [5.74, 6) is 2.68. The van der Waals surface area contributed by atoms with Crippen molar-refractivity contribution in [2.45, 2.75) is 13.8 Å². The van der Waals surface area contributed by atoms with Gasteiger partial charge in [-0.3, -0.25) is 0 Å². The van der Waals surface area contributed by atoms with Crippen molar-refractivity contribution >= 4 is 5.69 Å². The Bertz CT molecular complexity index is 652. The summed E-state index contributed by atoms with van der Waals surface area (Å²) in [5, 5.41) is 0. The van der Waals surface area contributed by atoms with Crippen LogP contribution in [-0.4, -0.2) is 13.2 Å². The van der Waals surface area contributed by atoms with Gasteiger partial charge < -0.3 is 19.9 Å². The third-order valence-electron chi connectivity index (χ3n) is 3.38. The molecule has 0 aliphatic carbocycles. The van der Waals surface area contributed by atoms with Crippen molar-refractivity contribution in [3.8, 4) is 23.0 Å². The van der Waals surface area contributed by atoms with Crippen LogP contribution >= 0.6 is 0 Å². The van der Waals surface area contributed by atoms with Crippen LogP contribution in [0.5, 0.6) is 23.0 Å². The molecule has 4 nitrogen and oxygen atoms in total. The number of nitrogens with two attached hydrogens (primary N) is 1. The topological polar surface area (TPSA) is 53.7 Å². The van der Waals surface area contributed by atoms with E-state index in [1.54, 1.807) is 12.1 Å². The Hall–Kier alpha value is -2.36. The molecule has 4 heteroatoms. The highest BCUT2D eigenvalue weighted by Crippen LogP contribution is 2.40. The molecule has 2 N–H and O–H groups in total. The number of fused-ring (bicyclic) bond motifs is 1. The number of benzene rings is 2. The molecule has 2 aromatic rings. The van der Waals surface area contributed by atoms with E-state index in [9.17, 15) is 0 Å². The van der Waals surface area contributed by atoms with E-state index in [2.05, 4.69) is 13.8 Å². The lowest BCUT2D eigenvalue weighted by Crippen LogP contribution is -2.15. The molecule has 0 atom stereocenters. The minimum atomic E-state index is 0.535. The molecule has 0 aromatic heterocycles. The summed E-state index contributed by atoms with van der Waals surface area (Å²) in [6.45, 7) is 5.21. The third-order valence-corrected chi connectivity index (χ3v) is 3.38. The quantitative estimate of drug-likeness (QED) is 0.850. The van der Waals surface area contributed by atoms with Gasteiger partial charge in [-0.2, -0.15) is 0 Å². The second-order valence-corrected chi connectivity index (χ2v) is 4.88. The van der Waals surface area contributed by atoms with Crippen molar-refractivity contribution in [3.05, 3.63) is 41.5 Å². The van der Waals surface area contributed by atoms with Gasteiger partial charge in [-0.25, -0.2) is 0 Å². The first-order chi connectivity index (χ1) is 9.63. The molecule has 0 saturated carbocycles. The van der Waals surface area contributed by atoms with Gasteiger partial charge in [-0.15, -0.1) is 0 Å². The number of anilines is 1. The van der Waals surface area contributed by atoms with E-state index >= 15 is 0 Å². The molecule has 3 rings (SSSR count). The fraction of sp³-hybridized carbons (Fsp3) is 0.250. The molecule has 0 unspecified atom stereocenters. The monoisotopic (exact) mass is 271 g/mol. The van der Waals surface area contributed by atoms with Crippen LogP contribution in [0.1, 0.15) is 11.1 Å². The van der Waals surface area contributed by atoms with Crippen molar-refractivity contribution in [1.29, 1.82) is 0 Å². The average Bonchev–Trinajstić information content (AvgIpc) is 2.44. The Morgan fingerprint density at radius 2 is 1.65 bits per heavy atom. The van der Waals surface area contributed by atoms with Crippen LogP contribution in [0.4, 0.5) is 5.69 Å². The van der Waals surface area contributed by atoms with Gasteiger partial charge in [0.15, 0.2) is 17.2 Å². The van der Waals surface area contributed by atoms with Crippen LogP contribution in [0.15, 0.2) is 30.3 Å². The Morgan fingerprint density at radius 1 is 0.950 bits per heavy atom. The van der Waals surface area contributed by atoms with Gasteiger partial charge in [0.25, 0.3) is 0 Å². The highest BCUT2D eigenvalue weighted by molar-refractivity contribution is 5.63. The summed E-state index contributed by atoms with van der Waals surface area (Å²) in [5.41, 5.74) is 8.94. The Labute approximate surface area is 118 Å². The van der Waals surface area contributed by atoms with Gasteiger partial charge in [0.1, 0.15) is 19.0 Å². The van der Waals surface area contributed by atoms with Crippen LogP contribution in [-0.2, 0) is 0 Å². The van der Waals surface area contributed by atoms with Crippen LogP contribution in [0.25, 0.3) is 0 Å². The van der Waals surface area contributed by atoms with Gasteiger partial charge in [0.05, 0.1) is 5.69 Å². The second kappa shape index (κ2) is 4.96. The fourth-order valence-corrected chi connectivity index (χ4v) is 2.08. The zero-order chi connectivity index (χ0) is 14.1. The van der Waals surface area contributed by atoms with E-state index in [0.717, 1.165) is 5.75 Å². The zero-order valence-electron chi connectivity index (χ0n) is 11.6. The molecule has 2 aromatic carbocycles. The standard InChI is InChI=1S/C16H17NO3/c1-10-3-4-12(7-11(10)2)20-14-9-16-15(8-13(14)17)18-5-6-19-16/h3-4,7-9H,5-6,17H2,1-2H3. The number of nitrogen functional groups attached to an aromatic ring is 1. The molecule has 0 bridgehead atoms. The molecule has 0 fully saturated rings. The van der Waals surface area contributed by atoms with Crippen molar-refractivity contribution < 1.29 is 14.2 Å². The summed E-state index contributed by atoms with van der Waals surface area (Å²) in [7, 11) is 0. The molecule has 0 radical (unpaired) electrons. The predicted octanol–water partition coefficient (Wildman–Crippen LogP) is 3.45. The second-order valence-electron chi connectivity index (χ2n) is 4.88. The molecule has 20 heavy (non-hydrogen) atoms. The SMILES string of the molecule is Cc1ccc(Oc2cc3c(cc2N)OCCO3)cc1C. The molecular weight excluding hydrogens is 254 g/mol. The lowest BCUT2D eigenvalue weighted by molar-refractivity contribution is 0.171. The molecule has 0 spiro atoms. The number of hydrogen-bond acceptors (Lipinski definition) is 4. The maximum absolute atomic E-state index is 6.00. The number of ether oxygens (including phenoxy) is 3. The van der Waals surface area contributed by atoms with Gasteiger partial charge in [-0.05, 0) is 37.1 Å². The van der Waals surface area contributed by atoms with E-state index in [1.807, 2.05) is 18.2 Å². The smallest absolute Gasteiger partial charge is 0.165 e. The van der Waals surface area contributed by atoms with Gasteiger partial charge in [-0.1, -0.05) is 6.07 Å². The maximum atomic E-state index is 6.00. The van der Waals surface area contributed by atoms with Gasteiger partial charge >= 0.3 is 0 Å². The van der Waals surface area contributed by atoms with Crippen LogP contribution in [0.3, 0.4) is 0 Å². The fourth-order valence-electron chi connectivity index (χ4n) is 2.08. The van der Waals surface area contributed by atoms with Crippen molar-refractivity contribution in [1.82, 2.24) is 0 Å². The maximum Gasteiger partial charge on any atom is 0.165 e. The summed E-state index contributed by atoms with van der Waals surface area (Å²) in [6, 6.07) is 9.47. The van der Waals surface area contributed by atoms with Crippen LogP contribution < -0.4 is 19.9 Å². The molecule has 104 valence electrons. The number of aryl methyl sites for hydroxylation is 2. The predicted molar refractivity (Wildman–Crippen MR) is 77.8 cm³/mol. The molecule has 1 heterocycles. The van der Waals surface area contributed by atoms with Crippen LogP contribution in [0, 0.1) is 13.8 Å². The third kappa shape index (κ3) is 2.37. The summed E-state index contributed by atoms with van der Waals surface area (Å²) in [6.07, 6.45) is 0. The molecular formula is C16H17NO3. The lowest BCUT2D eigenvalue weighted by atomic mass is 10.1. The first kappa shape index (κ1) is 12.7. The van der Waals surface area contributed by atoms with E-state index < -0.39 is 0 Å². The number of rotatable bonds is 2. The normalized spacial score (nSPS) is 13.1. The van der Waals surface area contributed by atoms with Crippen molar-refractivity contribution in [3.63, 3.8) is 0 Å². The summed E-state index contributed by atoms with van der Waals surface area (Å²) >= 11 is 0. The van der Waals surface area contributed by atoms with Crippen LogP contribution in [0.2, 0.25) is 0 Å². The van der Waals surface area contributed by atoms with Crippen molar-refractivity contribution in [2.24, 2.45) is 0 Å². The summed E-state index contributed by atoms with van der Waals surface area (Å²) < 4.78 is 16.9. The molecule has 0 amide bonds. The molecule has 0 saturated heterocycles. The van der Waals surface area contributed by atoms with E-state index in [1.165, 1.54) is 11.1 Å².